The van der Waals surface area contributed by atoms with Crippen LogP contribution in [0, 0.1) is 0 Å². The molecule has 1 aromatic carbocycles. The molecule has 0 aliphatic carbocycles. The summed E-state index contributed by atoms with van der Waals surface area (Å²) >= 11 is 0. The van der Waals surface area contributed by atoms with E-state index in [2.05, 4.69) is 12.2 Å². The van der Waals surface area contributed by atoms with Crippen molar-refractivity contribution in [3.05, 3.63) is 18.2 Å². The number of sulfonamides is 1. The predicted molar refractivity (Wildman–Crippen MR) is 91.8 cm³/mol. The van der Waals surface area contributed by atoms with Crippen LogP contribution in [0.1, 0.15) is 32.6 Å². The maximum Gasteiger partial charge on any atom is 0.231 e. The molecule has 2 rings (SSSR count). The topological polar surface area (TPSA) is 84.9 Å². The maximum absolute atomic E-state index is 12.1. The van der Waals surface area contributed by atoms with Crippen LogP contribution in [0.5, 0.6) is 11.5 Å². The molecular formula is C16H24N2O5S. The number of amides is 1. The van der Waals surface area contributed by atoms with Gasteiger partial charge in [-0.2, -0.15) is 0 Å². The van der Waals surface area contributed by atoms with Gasteiger partial charge in [0.1, 0.15) is 0 Å². The summed E-state index contributed by atoms with van der Waals surface area (Å²) in [6.45, 7) is 2.86. The quantitative estimate of drug-likeness (QED) is 0.686. The van der Waals surface area contributed by atoms with Crippen molar-refractivity contribution in [2.24, 2.45) is 0 Å². The smallest absolute Gasteiger partial charge is 0.231 e. The second-order valence-corrected chi connectivity index (χ2v) is 7.72. The van der Waals surface area contributed by atoms with Crippen LogP contribution < -0.4 is 14.8 Å². The summed E-state index contributed by atoms with van der Waals surface area (Å²) in [4.78, 5) is 12.1. The first-order chi connectivity index (χ1) is 11.4. The van der Waals surface area contributed by atoms with Gasteiger partial charge in [-0.25, -0.2) is 12.7 Å². The Labute approximate surface area is 143 Å². The fraction of sp³-hybridized carbons (Fsp3) is 0.562. The molecule has 0 saturated carbocycles. The van der Waals surface area contributed by atoms with Crippen molar-refractivity contribution >= 4 is 21.6 Å². The molecule has 0 saturated heterocycles. The molecule has 8 heteroatoms. The van der Waals surface area contributed by atoms with Crippen molar-refractivity contribution in [2.45, 2.75) is 32.6 Å². The predicted octanol–water partition coefficient (Wildman–Crippen LogP) is 2.20. The highest BCUT2D eigenvalue weighted by Gasteiger charge is 2.18. The number of ether oxygens (including phenoxy) is 2. The van der Waals surface area contributed by atoms with Crippen LogP contribution in [-0.2, 0) is 14.8 Å². The van der Waals surface area contributed by atoms with Gasteiger partial charge in [-0.15, -0.1) is 0 Å². The summed E-state index contributed by atoms with van der Waals surface area (Å²) < 4.78 is 35.4. The zero-order chi connectivity index (χ0) is 17.6. The minimum absolute atomic E-state index is 0.105. The standard InChI is InChI=1S/C16H24N2O5S/c1-3-4-5-9-18(24(2,20)21)10-8-16(19)17-13-6-7-14-15(11-13)23-12-22-14/h6-7,11H,3-5,8-10,12H2,1-2H3,(H,17,19). The number of anilines is 1. The molecule has 0 bridgehead atoms. The SMILES string of the molecule is CCCCCN(CCC(=O)Nc1ccc2c(c1)OCO2)S(C)(=O)=O. The molecular weight excluding hydrogens is 332 g/mol. The monoisotopic (exact) mass is 356 g/mol. The minimum Gasteiger partial charge on any atom is -0.454 e. The van der Waals surface area contributed by atoms with E-state index in [4.69, 9.17) is 9.47 Å². The lowest BCUT2D eigenvalue weighted by Gasteiger charge is -2.19. The highest BCUT2D eigenvalue weighted by atomic mass is 32.2. The highest BCUT2D eigenvalue weighted by Crippen LogP contribution is 2.34. The van der Waals surface area contributed by atoms with Gasteiger partial charge >= 0.3 is 0 Å². The summed E-state index contributed by atoms with van der Waals surface area (Å²) in [6, 6.07) is 5.14. The fourth-order valence-corrected chi connectivity index (χ4v) is 3.29. The van der Waals surface area contributed by atoms with Gasteiger partial charge in [0.05, 0.1) is 6.26 Å². The van der Waals surface area contributed by atoms with Crippen molar-refractivity contribution in [3.8, 4) is 11.5 Å². The van der Waals surface area contributed by atoms with Gasteiger partial charge in [0.25, 0.3) is 0 Å². The van der Waals surface area contributed by atoms with E-state index >= 15 is 0 Å². The summed E-state index contributed by atoms with van der Waals surface area (Å²) in [5, 5.41) is 2.75. The molecule has 0 spiro atoms. The molecule has 1 aromatic rings. The Hall–Kier alpha value is -1.80. The normalized spacial score (nSPS) is 13.3. The van der Waals surface area contributed by atoms with Crippen LogP contribution in [0.15, 0.2) is 18.2 Å². The van der Waals surface area contributed by atoms with Crippen LogP contribution in [0.2, 0.25) is 0 Å². The average Bonchev–Trinajstić information content (AvgIpc) is 2.97. The zero-order valence-electron chi connectivity index (χ0n) is 14.1. The highest BCUT2D eigenvalue weighted by molar-refractivity contribution is 7.88. The molecule has 1 amide bonds. The summed E-state index contributed by atoms with van der Waals surface area (Å²) in [6.07, 6.45) is 4.06. The molecule has 0 unspecified atom stereocenters. The molecule has 0 fully saturated rings. The minimum atomic E-state index is -3.31. The fourth-order valence-electron chi connectivity index (χ4n) is 2.41. The molecule has 1 aliphatic rings. The first-order valence-electron chi connectivity index (χ1n) is 8.05. The van der Waals surface area contributed by atoms with E-state index in [0.717, 1.165) is 19.3 Å². The third-order valence-electron chi connectivity index (χ3n) is 3.72. The zero-order valence-corrected chi connectivity index (χ0v) is 14.9. The van der Waals surface area contributed by atoms with Crippen molar-refractivity contribution in [3.63, 3.8) is 0 Å². The van der Waals surface area contributed by atoms with Gasteiger partial charge in [-0.05, 0) is 18.6 Å². The molecule has 0 atom stereocenters. The largest absolute Gasteiger partial charge is 0.454 e. The second kappa shape index (κ2) is 8.34. The lowest BCUT2D eigenvalue weighted by Crippen LogP contribution is -2.33. The number of nitrogens with one attached hydrogen (secondary N) is 1. The number of benzene rings is 1. The van der Waals surface area contributed by atoms with E-state index in [1.807, 2.05) is 0 Å². The van der Waals surface area contributed by atoms with Crippen LogP contribution in [0.25, 0.3) is 0 Å². The molecule has 1 aliphatic heterocycles. The van der Waals surface area contributed by atoms with E-state index in [9.17, 15) is 13.2 Å². The Morgan fingerprint density at radius 2 is 1.96 bits per heavy atom. The first kappa shape index (κ1) is 18.5. The molecule has 7 nitrogen and oxygen atoms in total. The molecule has 24 heavy (non-hydrogen) atoms. The van der Waals surface area contributed by atoms with Crippen LogP contribution >= 0.6 is 0 Å². The Balaban J connectivity index is 1.86. The van der Waals surface area contributed by atoms with Crippen molar-refractivity contribution < 1.29 is 22.7 Å². The number of hydrogen-bond acceptors (Lipinski definition) is 5. The van der Waals surface area contributed by atoms with Gasteiger partial charge in [-0.3, -0.25) is 4.79 Å². The van der Waals surface area contributed by atoms with Crippen LogP contribution in [0.4, 0.5) is 5.69 Å². The van der Waals surface area contributed by atoms with Crippen molar-refractivity contribution in [1.29, 1.82) is 0 Å². The Bertz CT molecular complexity index is 675. The number of fused-ring (bicyclic) bond motifs is 1. The molecule has 1 heterocycles. The maximum atomic E-state index is 12.1. The third-order valence-corrected chi connectivity index (χ3v) is 5.03. The number of carbonyl (C=O) groups is 1. The number of rotatable bonds is 9. The molecule has 0 aromatic heterocycles. The Morgan fingerprint density at radius 3 is 2.67 bits per heavy atom. The first-order valence-corrected chi connectivity index (χ1v) is 9.89. The van der Waals surface area contributed by atoms with E-state index in [-0.39, 0.29) is 25.7 Å². The van der Waals surface area contributed by atoms with E-state index in [1.165, 1.54) is 10.6 Å². The lowest BCUT2D eigenvalue weighted by molar-refractivity contribution is -0.116. The van der Waals surface area contributed by atoms with Gasteiger partial charge in [0, 0.05) is 31.3 Å². The van der Waals surface area contributed by atoms with Gasteiger partial charge < -0.3 is 14.8 Å². The lowest BCUT2D eigenvalue weighted by atomic mass is 10.2. The van der Waals surface area contributed by atoms with E-state index in [1.54, 1.807) is 18.2 Å². The van der Waals surface area contributed by atoms with Gasteiger partial charge in [0.15, 0.2) is 11.5 Å². The Morgan fingerprint density at radius 1 is 1.21 bits per heavy atom. The third kappa shape index (κ3) is 5.38. The van der Waals surface area contributed by atoms with Crippen molar-refractivity contribution in [1.82, 2.24) is 4.31 Å². The van der Waals surface area contributed by atoms with Crippen LogP contribution in [-0.4, -0.2) is 44.8 Å². The van der Waals surface area contributed by atoms with E-state index < -0.39 is 10.0 Å². The average molecular weight is 356 g/mol. The number of carbonyl (C=O) groups excluding carboxylic acids is 1. The second-order valence-electron chi connectivity index (χ2n) is 5.74. The molecule has 1 N–H and O–H groups in total. The van der Waals surface area contributed by atoms with Gasteiger partial charge in [-0.1, -0.05) is 19.8 Å². The number of nitrogens with zero attached hydrogens (tertiary/aromatic N) is 1. The van der Waals surface area contributed by atoms with Crippen molar-refractivity contribution in [2.75, 3.05) is 31.5 Å². The summed E-state index contributed by atoms with van der Waals surface area (Å²) in [7, 11) is -3.31. The molecule has 0 radical (unpaired) electrons. The van der Waals surface area contributed by atoms with E-state index in [0.29, 0.717) is 23.7 Å². The number of hydrogen-bond donors (Lipinski definition) is 1. The summed E-state index contributed by atoms with van der Waals surface area (Å²) in [5.41, 5.74) is 0.598. The number of unbranched alkanes of at least 4 members (excludes halogenated alkanes) is 2. The van der Waals surface area contributed by atoms with Gasteiger partial charge in [0.2, 0.25) is 22.7 Å². The Kier molecular flexibility index (Phi) is 6.44. The summed E-state index contributed by atoms with van der Waals surface area (Å²) in [5.74, 6) is 0.996. The van der Waals surface area contributed by atoms with Crippen LogP contribution in [0.3, 0.4) is 0 Å². The molecule has 134 valence electrons.